The molecule has 0 saturated carbocycles. The van der Waals surface area contributed by atoms with Crippen molar-refractivity contribution >= 4 is 23.2 Å². The number of halogens is 2. The van der Waals surface area contributed by atoms with Crippen LogP contribution in [0.3, 0.4) is 0 Å². The van der Waals surface area contributed by atoms with E-state index in [-0.39, 0.29) is 5.75 Å². The lowest BCUT2D eigenvalue weighted by molar-refractivity contribution is 0.473. The molecule has 0 bridgehead atoms. The zero-order valence-corrected chi connectivity index (χ0v) is 9.13. The number of hydrogen-bond donors (Lipinski definition) is 1. The highest BCUT2D eigenvalue weighted by Gasteiger charge is 2.05. The molecule has 0 fully saturated rings. The standard InChI is InChI=1S/C11H7Cl2NO/c12-8-1-2-11(13)10(4-8)7-3-9(15)6-14-5-7/h1-6,15H. The second-order valence-electron chi connectivity index (χ2n) is 3.06. The summed E-state index contributed by atoms with van der Waals surface area (Å²) in [6.45, 7) is 0. The first-order valence-corrected chi connectivity index (χ1v) is 5.02. The van der Waals surface area contributed by atoms with Gasteiger partial charge in [-0.2, -0.15) is 0 Å². The molecule has 0 spiro atoms. The summed E-state index contributed by atoms with van der Waals surface area (Å²) in [4.78, 5) is 3.88. The molecule has 0 radical (unpaired) electrons. The van der Waals surface area contributed by atoms with Crippen molar-refractivity contribution in [1.82, 2.24) is 4.98 Å². The molecule has 0 aliphatic heterocycles. The molecule has 0 aliphatic rings. The molecule has 76 valence electrons. The Morgan fingerprint density at radius 2 is 1.87 bits per heavy atom. The summed E-state index contributed by atoms with van der Waals surface area (Å²) in [6, 6.07) is 6.75. The van der Waals surface area contributed by atoms with E-state index in [1.807, 2.05) is 0 Å². The van der Waals surface area contributed by atoms with Gasteiger partial charge in [-0.3, -0.25) is 4.98 Å². The van der Waals surface area contributed by atoms with Crippen molar-refractivity contribution in [3.05, 3.63) is 46.7 Å². The van der Waals surface area contributed by atoms with Crippen molar-refractivity contribution in [2.45, 2.75) is 0 Å². The first kappa shape index (κ1) is 10.3. The van der Waals surface area contributed by atoms with Gasteiger partial charge in [0.1, 0.15) is 5.75 Å². The zero-order chi connectivity index (χ0) is 10.8. The SMILES string of the molecule is Oc1cncc(-c2cc(Cl)ccc2Cl)c1. The van der Waals surface area contributed by atoms with Gasteiger partial charge in [0.2, 0.25) is 0 Å². The number of aromatic hydroxyl groups is 1. The monoisotopic (exact) mass is 239 g/mol. The van der Waals surface area contributed by atoms with Gasteiger partial charge in [0, 0.05) is 27.4 Å². The number of hydrogen-bond acceptors (Lipinski definition) is 2. The molecule has 1 heterocycles. The third-order valence-electron chi connectivity index (χ3n) is 1.96. The molecular weight excluding hydrogens is 233 g/mol. The Bertz CT molecular complexity index is 500. The molecule has 0 saturated heterocycles. The van der Waals surface area contributed by atoms with Crippen molar-refractivity contribution in [2.75, 3.05) is 0 Å². The van der Waals surface area contributed by atoms with E-state index < -0.39 is 0 Å². The zero-order valence-electron chi connectivity index (χ0n) is 7.61. The molecule has 0 aliphatic carbocycles. The Labute approximate surface area is 97.1 Å². The van der Waals surface area contributed by atoms with Crippen LogP contribution in [-0.4, -0.2) is 10.1 Å². The predicted octanol–water partition coefficient (Wildman–Crippen LogP) is 3.76. The van der Waals surface area contributed by atoms with Crippen molar-refractivity contribution in [2.24, 2.45) is 0 Å². The van der Waals surface area contributed by atoms with Crippen molar-refractivity contribution in [3.63, 3.8) is 0 Å². The van der Waals surface area contributed by atoms with Gasteiger partial charge in [-0.25, -0.2) is 0 Å². The summed E-state index contributed by atoms with van der Waals surface area (Å²) in [5, 5.41) is 10.5. The van der Waals surface area contributed by atoms with Crippen LogP contribution in [0, 0.1) is 0 Å². The summed E-state index contributed by atoms with van der Waals surface area (Å²) < 4.78 is 0. The molecule has 1 N–H and O–H groups in total. The van der Waals surface area contributed by atoms with Crippen LogP contribution in [-0.2, 0) is 0 Å². The van der Waals surface area contributed by atoms with E-state index in [9.17, 15) is 5.11 Å². The molecule has 0 amide bonds. The molecular formula is C11H7Cl2NO. The van der Waals surface area contributed by atoms with Gasteiger partial charge >= 0.3 is 0 Å². The average Bonchev–Trinajstić information content (AvgIpc) is 2.22. The third-order valence-corrected chi connectivity index (χ3v) is 2.53. The third kappa shape index (κ3) is 2.22. The number of rotatable bonds is 1. The van der Waals surface area contributed by atoms with Gasteiger partial charge in [0.25, 0.3) is 0 Å². The summed E-state index contributed by atoms with van der Waals surface area (Å²) in [6.07, 6.45) is 2.99. The Balaban J connectivity index is 2.58. The van der Waals surface area contributed by atoms with Crippen LogP contribution in [0.25, 0.3) is 11.1 Å². The molecule has 0 atom stereocenters. The fraction of sp³-hybridized carbons (Fsp3) is 0. The second kappa shape index (κ2) is 4.09. The molecule has 2 nitrogen and oxygen atoms in total. The van der Waals surface area contributed by atoms with Gasteiger partial charge in [-0.1, -0.05) is 23.2 Å². The van der Waals surface area contributed by atoms with Crippen LogP contribution in [0.15, 0.2) is 36.7 Å². The van der Waals surface area contributed by atoms with Crippen molar-refractivity contribution in [3.8, 4) is 16.9 Å². The number of aromatic nitrogens is 1. The minimum atomic E-state index is 0.101. The smallest absolute Gasteiger partial charge is 0.134 e. The summed E-state index contributed by atoms with van der Waals surface area (Å²) >= 11 is 11.9. The summed E-state index contributed by atoms with van der Waals surface area (Å²) in [5.41, 5.74) is 1.50. The number of nitrogens with zero attached hydrogens (tertiary/aromatic N) is 1. The first-order chi connectivity index (χ1) is 7.16. The van der Waals surface area contributed by atoms with Crippen LogP contribution < -0.4 is 0 Å². The number of benzene rings is 1. The molecule has 1 aromatic heterocycles. The van der Waals surface area contributed by atoms with Gasteiger partial charge in [0.05, 0.1) is 6.20 Å². The first-order valence-electron chi connectivity index (χ1n) is 4.26. The maximum absolute atomic E-state index is 9.30. The summed E-state index contributed by atoms with van der Waals surface area (Å²) in [5.74, 6) is 0.101. The molecule has 0 unspecified atom stereocenters. The second-order valence-corrected chi connectivity index (χ2v) is 3.90. The maximum Gasteiger partial charge on any atom is 0.134 e. The van der Waals surface area contributed by atoms with Crippen LogP contribution in [0.1, 0.15) is 0 Å². The van der Waals surface area contributed by atoms with E-state index in [2.05, 4.69) is 4.98 Å². The van der Waals surface area contributed by atoms with E-state index >= 15 is 0 Å². The fourth-order valence-corrected chi connectivity index (χ4v) is 1.69. The summed E-state index contributed by atoms with van der Waals surface area (Å²) in [7, 11) is 0. The fourth-order valence-electron chi connectivity index (χ4n) is 1.29. The lowest BCUT2D eigenvalue weighted by Gasteiger charge is -2.04. The van der Waals surface area contributed by atoms with E-state index in [0.717, 1.165) is 11.1 Å². The average molecular weight is 240 g/mol. The molecule has 4 heteroatoms. The van der Waals surface area contributed by atoms with E-state index in [0.29, 0.717) is 10.0 Å². The highest BCUT2D eigenvalue weighted by atomic mass is 35.5. The minimum absolute atomic E-state index is 0.101. The lowest BCUT2D eigenvalue weighted by atomic mass is 10.1. The van der Waals surface area contributed by atoms with Gasteiger partial charge in [-0.15, -0.1) is 0 Å². The topological polar surface area (TPSA) is 33.1 Å². The van der Waals surface area contributed by atoms with Gasteiger partial charge < -0.3 is 5.11 Å². The quantitative estimate of drug-likeness (QED) is 0.823. The minimum Gasteiger partial charge on any atom is -0.506 e. The van der Waals surface area contributed by atoms with Gasteiger partial charge in [-0.05, 0) is 24.3 Å². The molecule has 2 rings (SSSR count). The van der Waals surface area contributed by atoms with E-state index in [4.69, 9.17) is 23.2 Å². The highest BCUT2D eigenvalue weighted by Crippen LogP contribution is 2.31. The Morgan fingerprint density at radius 3 is 2.60 bits per heavy atom. The Hall–Kier alpha value is -1.25. The van der Waals surface area contributed by atoms with Gasteiger partial charge in [0.15, 0.2) is 0 Å². The van der Waals surface area contributed by atoms with E-state index in [1.165, 1.54) is 6.20 Å². The maximum atomic E-state index is 9.30. The van der Waals surface area contributed by atoms with Crippen LogP contribution in [0.2, 0.25) is 10.0 Å². The van der Waals surface area contributed by atoms with Crippen molar-refractivity contribution in [1.29, 1.82) is 0 Å². The molecule has 1 aromatic carbocycles. The molecule has 15 heavy (non-hydrogen) atoms. The highest BCUT2D eigenvalue weighted by molar-refractivity contribution is 6.35. The Morgan fingerprint density at radius 1 is 1.07 bits per heavy atom. The molecule has 2 aromatic rings. The largest absolute Gasteiger partial charge is 0.506 e. The Kier molecular flexibility index (Phi) is 2.80. The van der Waals surface area contributed by atoms with Crippen LogP contribution in [0.4, 0.5) is 0 Å². The predicted molar refractivity (Wildman–Crippen MR) is 61.4 cm³/mol. The normalized spacial score (nSPS) is 10.3. The van der Waals surface area contributed by atoms with Crippen molar-refractivity contribution < 1.29 is 5.11 Å². The number of pyridine rings is 1. The lowest BCUT2D eigenvalue weighted by Crippen LogP contribution is -1.81. The van der Waals surface area contributed by atoms with E-state index in [1.54, 1.807) is 30.5 Å². The van der Waals surface area contributed by atoms with Crippen LogP contribution >= 0.6 is 23.2 Å². The van der Waals surface area contributed by atoms with Crippen LogP contribution in [0.5, 0.6) is 5.75 Å².